The lowest BCUT2D eigenvalue weighted by atomic mass is 9.98. The van der Waals surface area contributed by atoms with Crippen molar-refractivity contribution in [3.63, 3.8) is 0 Å². The number of fused-ring (bicyclic) bond motifs is 2. The Kier molecular flexibility index (Phi) is 13.3. The Bertz CT molecular complexity index is 3050. The molecule has 64 heavy (non-hydrogen) atoms. The molecule has 8 rings (SSSR count). The summed E-state index contributed by atoms with van der Waals surface area (Å²) in [7, 11) is 2.05. The van der Waals surface area contributed by atoms with Crippen molar-refractivity contribution in [1.29, 1.82) is 0 Å². The van der Waals surface area contributed by atoms with Crippen molar-refractivity contribution in [2.24, 2.45) is 0 Å². The predicted octanol–water partition coefficient (Wildman–Crippen LogP) is 15.1. The molecule has 0 aromatic heterocycles. The van der Waals surface area contributed by atoms with Crippen LogP contribution in [0, 0.1) is 34.6 Å². The summed E-state index contributed by atoms with van der Waals surface area (Å²) in [5.74, 6) is 0.211. The molecule has 0 bridgehead atoms. The Hall–Kier alpha value is -7.70. The van der Waals surface area contributed by atoms with E-state index < -0.39 is 11.9 Å². The number of rotatable bonds is 10. The average Bonchev–Trinajstić information content (AvgIpc) is 3.28. The van der Waals surface area contributed by atoms with E-state index in [1.807, 2.05) is 36.4 Å². The molecule has 320 valence electrons. The maximum atomic E-state index is 12.0. The van der Waals surface area contributed by atoms with E-state index in [1.165, 1.54) is 38.9 Å². The third-order valence-electron chi connectivity index (χ3n) is 11.3. The molecule has 6 heteroatoms. The number of carbonyl (C=O) groups is 2. The SMILES string of the molecule is C=C(C)C(=O)Oc1ccc2cc(N(C)c3ccc(C)cc3)ccc2c1.C=C(C)C(=O)Oc1ccc2cc(N(c3ccc(C)cc3)c3ccc(-c4ccc(C)c(C)c4)cc3C)ccc2c1. The minimum atomic E-state index is -0.420. The second kappa shape index (κ2) is 19.1. The first-order valence-electron chi connectivity index (χ1n) is 21.3. The van der Waals surface area contributed by atoms with Crippen molar-refractivity contribution in [1.82, 2.24) is 0 Å². The van der Waals surface area contributed by atoms with Crippen LogP contribution in [0.4, 0.5) is 28.4 Å². The van der Waals surface area contributed by atoms with E-state index in [1.54, 1.807) is 19.9 Å². The predicted molar refractivity (Wildman–Crippen MR) is 267 cm³/mol. The third-order valence-corrected chi connectivity index (χ3v) is 11.3. The van der Waals surface area contributed by atoms with E-state index in [4.69, 9.17) is 9.47 Å². The maximum Gasteiger partial charge on any atom is 0.338 e. The summed E-state index contributed by atoms with van der Waals surface area (Å²) in [6, 6.07) is 54.3. The summed E-state index contributed by atoms with van der Waals surface area (Å²) < 4.78 is 10.7. The monoisotopic (exact) mass is 842 g/mol. The summed E-state index contributed by atoms with van der Waals surface area (Å²) >= 11 is 0. The van der Waals surface area contributed by atoms with E-state index in [2.05, 4.69) is 180 Å². The molecule has 0 aliphatic rings. The maximum absolute atomic E-state index is 12.0. The van der Waals surface area contributed by atoms with Crippen LogP contribution >= 0.6 is 0 Å². The molecule has 0 aliphatic carbocycles. The zero-order valence-corrected chi connectivity index (χ0v) is 38.0. The fourth-order valence-electron chi connectivity index (χ4n) is 7.33. The molecule has 0 radical (unpaired) electrons. The molecular weight excluding hydrogens is 789 g/mol. The van der Waals surface area contributed by atoms with Crippen molar-refractivity contribution in [3.8, 4) is 22.6 Å². The minimum absolute atomic E-state index is 0.373. The highest BCUT2D eigenvalue weighted by Crippen LogP contribution is 2.40. The molecule has 0 fully saturated rings. The van der Waals surface area contributed by atoms with Crippen LogP contribution < -0.4 is 19.3 Å². The van der Waals surface area contributed by atoms with Crippen molar-refractivity contribution in [2.75, 3.05) is 16.8 Å². The molecule has 0 spiro atoms. The van der Waals surface area contributed by atoms with Gasteiger partial charge < -0.3 is 19.3 Å². The molecule has 8 aromatic carbocycles. The molecule has 6 nitrogen and oxygen atoms in total. The Morgan fingerprint density at radius 1 is 0.422 bits per heavy atom. The number of nitrogens with zero attached hydrogens (tertiary/aromatic N) is 2. The molecule has 0 heterocycles. The fraction of sp³-hybridized carbons (Fsp3) is 0.138. The second-order valence-electron chi connectivity index (χ2n) is 16.6. The lowest BCUT2D eigenvalue weighted by Crippen LogP contribution is -2.11. The number of anilines is 5. The zero-order valence-electron chi connectivity index (χ0n) is 38.0. The normalized spacial score (nSPS) is 10.8. The number of hydrogen-bond donors (Lipinski definition) is 0. The molecule has 0 amide bonds. The fourth-order valence-corrected chi connectivity index (χ4v) is 7.33. The summed E-state index contributed by atoms with van der Waals surface area (Å²) in [6.07, 6.45) is 0. The molecule has 8 aromatic rings. The first kappa shape index (κ1) is 44.4. The number of aryl methyl sites for hydroxylation is 5. The lowest BCUT2D eigenvalue weighted by molar-refractivity contribution is -0.130. The largest absolute Gasteiger partial charge is 0.423 e. The second-order valence-corrected chi connectivity index (χ2v) is 16.6. The van der Waals surface area contributed by atoms with Gasteiger partial charge in [-0.25, -0.2) is 9.59 Å². The van der Waals surface area contributed by atoms with E-state index >= 15 is 0 Å². The van der Waals surface area contributed by atoms with Gasteiger partial charge in [-0.1, -0.05) is 97.1 Å². The summed E-state index contributed by atoms with van der Waals surface area (Å²) in [4.78, 5) is 28.1. The molecule has 0 saturated heterocycles. The molecule has 0 aliphatic heterocycles. The highest BCUT2D eigenvalue weighted by Gasteiger charge is 2.17. The van der Waals surface area contributed by atoms with Crippen LogP contribution in [0.25, 0.3) is 32.7 Å². The van der Waals surface area contributed by atoms with Gasteiger partial charge in [0, 0.05) is 46.6 Å². The molecular formula is C58H54N2O4. The highest BCUT2D eigenvalue weighted by atomic mass is 16.5. The Balaban J connectivity index is 0.000000211. The highest BCUT2D eigenvalue weighted by molar-refractivity contribution is 5.94. The number of carbonyl (C=O) groups excluding carboxylic acids is 2. The average molecular weight is 843 g/mol. The Morgan fingerprint density at radius 3 is 1.34 bits per heavy atom. The van der Waals surface area contributed by atoms with Gasteiger partial charge in [0.05, 0.1) is 0 Å². The molecule has 0 unspecified atom stereocenters. The molecule has 0 saturated carbocycles. The van der Waals surface area contributed by atoms with Gasteiger partial charge in [0.25, 0.3) is 0 Å². The summed E-state index contributed by atoms with van der Waals surface area (Å²) in [6.45, 7) is 21.2. The van der Waals surface area contributed by atoms with E-state index in [0.717, 1.165) is 50.0 Å². The summed E-state index contributed by atoms with van der Waals surface area (Å²) in [5.41, 5.74) is 14.9. The molecule has 0 atom stereocenters. The minimum Gasteiger partial charge on any atom is -0.423 e. The van der Waals surface area contributed by atoms with Crippen LogP contribution in [0.3, 0.4) is 0 Å². The number of hydrogen-bond acceptors (Lipinski definition) is 6. The molecule has 0 N–H and O–H groups in total. The van der Waals surface area contributed by atoms with Gasteiger partial charge >= 0.3 is 11.9 Å². The van der Waals surface area contributed by atoms with Crippen LogP contribution in [0.2, 0.25) is 0 Å². The van der Waals surface area contributed by atoms with Crippen LogP contribution in [0.1, 0.15) is 41.7 Å². The first-order valence-corrected chi connectivity index (χ1v) is 21.3. The lowest BCUT2D eigenvalue weighted by Gasteiger charge is -2.28. The van der Waals surface area contributed by atoms with Gasteiger partial charge in [-0.05, 0) is 183 Å². The van der Waals surface area contributed by atoms with Gasteiger partial charge in [0.15, 0.2) is 0 Å². The van der Waals surface area contributed by atoms with Crippen molar-refractivity contribution < 1.29 is 19.1 Å². The van der Waals surface area contributed by atoms with E-state index in [9.17, 15) is 9.59 Å². The third kappa shape index (κ3) is 10.3. The van der Waals surface area contributed by atoms with E-state index in [-0.39, 0.29) is 0 Å². The van der Waals surface area contributed by atoms with Gasteiger partial charge in [0.1, 0.15) is 11.5 Å². The van der Waals surface area contributed by atoms with Crippen molar-refractivity contribution in [2.45, 2.75) is 48.5 Å². The van der Waals surface area contributed by atoms with Gasteiger partial charge in [-0.2, -0.15) is 0 Å². The van der Waals surface area contributed by atoms with Crippen molar-refractivity contribution in [3.05, 3.63) is 210 Å². The number of ether oxygens (including phenoxy) is 2. The standard InChI is InChI=1S/C36H33NO2.C22H21NO2/c1-23(2)36(38)39-34-17-12-30-21-33(16-11-31(30)22-34)37(32-14-7-24(3)8-15-32)35-18-13-29(20-27(35)6)28-10-9-25(4)26(5)19-28;1-15(2)22(24)25-21-12-8-17-13-20(11-7-18(17)14-21)23(4)19-9-5-16(3)6-10-19/h7-22H,1H2,2-6H3;5-14H,1H2,2-4H3. The van der Waals surface area contributed by atoms with Gasteiger partial charge in [-0.3, -0.25) is 0 Å². The van der Waals surface area contributed by atoms with Crippen LogP contribution in [0.5, 0.6) is 11.5 Å². The van der Waals surface area contributed by atoms with Gasteiger partial charge in [-0.15, -0.1) is 0 Å². The van der Waals surface area contributed by atoms with Crippen LogP contribution in [0.15, 0.2) is 182 Å². The van der Waals surface area contributed by atoms with Crippen LogP contribution in [-0.2, 0) is 9.59 Å². The zero-order chi connectivity index (χ0) is 45.7. The van der Waals surface area contributed by atoms with Crippen molar-refractivity contribution >= 4 is 61.9 Å². The smallest absolute Gasteiger partial charge is 0.338 e. The Labute approximate surface area is 377 Å². The summed E-state index contributed by atoms with van der Waals surface area (Å²) in [5, 5.41) is 4.17. The Morgan fingerprint density at radius 2 is 0.844 bits per heavy atom. The topological polar surface area (TPSA) is 59.1 Å². The quantitative estimate of drug-likeness (QED) is 0.0776. The van der Waals surface area contributed by atoms with Crippen LogP contribution in [-0.4, -0.2) is 19.0 Å². The number of esters is 2. The van der Waals surface area contributed by atoms with Gasteiger partial charge in [0.2, 0.25) is 0 Å². The first-order chi connectivity index (χ1) is 30.6. The number of benzene rings is 8. The van der Waals surface area contributed by atoms with E-state index in [0.29, 0.717) is 22.6 Å².